The molecule has 4 heteroatoms. The van der Waals surface area contributed by atoms with Gasteiger partial charge in [-0.1, -0.05) is 18.2 Å². The number of phenols is 1. The van der Waals surface area contributed by atoms with E-state index in [4.69, 9.17) is 4.74 Å². The monoisotopic (exact) mass is 305 g/mol. The third-order valence-corrected chi connectivity index (χ3v) is 4.10. The number of ether oxygens (including phenoxy) is 1. The number of benzene rings is 2. The summed E-state index contributed by atoms with van der Waals surface area (Å²) in [6, 6.07) is 12.6. The minimum atomic E-state index is -0.159. The first-order valence-corrected chi connectivity index (χ1v) is 7.52. The predicted molar refractivity (Wildman–Crippen MR) is 88.7 cm³/mol. The quantitative estimate of drug-likeness (QED) is 0.729. The van der Waals surface area contributed by atoms with Gasteiger partial charge in [-0.15, -0.1) is 0 Å². The lowest BCUT2D eigenvalue weighted by molar-refractivity contribution is 0.101. The summed E-state index contributed by atoms with van der Waals surface area (Å²) in [5, 5.41) is 10.6. The second kappa shape index (κ2) is 5.02. The molecule has 0 aliphatic carbocycles. The van der Waals surface area contributed by atoms with E-state index in [-0.39, 0.29) is 17.3 Å². The molecule has 1 aliphatic rings. The highest BCUT2D eigenvalue weighted by atomic mass is 16.5. The molecule has 3 aromatic rings. The van der Waals surface area contributed by atoms with E-state index < -0.39 is 0 Å². The third kappa shape index (κ3) is 2.11. The van der Waals surface area contributed by atoms with Crippen molar-refractivity contribution < 1.29 is 14.6 Å². The van der Waals surface area contributed by atoms with Gasteiger partial charge in [0.25, 0.3) is 0 Å². The number of aromatic hydroxyl groups is 1. The lowest BCUT2D eigenvalue weighted by atomic mass is 10.1. The van der Waals surface area contributed by atoms with Gasteiger partial charge >= 0.3 is 0 Å². The Morgan fingerprint density at radius 2 is 2.04 bits per heavy atom. The number of rotatable bonds is 2. The number of Topliss-reactive ketones (excluding diaryl/α,β-unsaturated/α-hetero) is 1. The van der Waals surface area contributed by atoms with Crippen LogP contribution < -0.4 is 4.74 Å². The van der Waals surface area contributed by atoms with Gasteiger partial charge in [0.05, 0.1) is 5.56 Å². The second-order valence-electron chi connectivity index (χ2n) is 5.51. The summed E-state index contributed by atoms with van der Waals surface area (Å²) in [5.41, 5.74) is 2.55. The Morgan fingerprint density at radius 1 is 1.22 bits per heavy atom. The van der Waals surface area contributed by atoms with Crippen LogP contribution >= 0.6 is 0 Å². The van der Waals surface area contributed by atoms with E-state index in [1.165, 1.54) is 12.1 Å². The van der Waals surface area contributed by atoms with Gasteiger partial charge in [0.2, 0.25) is 5.78 Å². The van der Waals surface area contributed by atoms with Gasteiger partial charge < -0.3 is 14.4 Å². The maximum atomic E-state index is 12.4. The number of ketones is 1. The summed E-state index contributed by atoms with van der Waals surface area (Å²) >= 11 is 0. The number of hydrogen-bond donors (Lipinski definition) is 1. The molecule has 0 bridgehead atoms. The highest BCUT2D eigenvalue weighted by Gasteiger charge is 2.27. The largest absolute Gasteiger partial charge is 0.508 e. The van der Waals surface area contributed by atoms with Gasteiger partial charge in [-0.05, 0) is 31.2 Å². The first-order chi connectivity index (χ1) is 11.2. The normalized spacial score (nSPS) is 15.2. The molecule has 0 unspecified atom stereocenters. The molecule has 0 amide bonds. The molecule has 1 aliphatic heterocycles. The molecule has 1 aromatic heterocycles. The Labute approximate surface area is 133 Å². The van der Waals surface area contributed by atoms with Crippen LogP contribution in [0.15, 0.2) is 54.4 Å². The van der Waals surface area contributed by atoms with Crippen LogP contribution in [-0.2, 0) is 6.54 Å². The topological polar surface area (TPSA) is 51.5 Å². The Morgan fingerprint density at radius 3 is 2.87 bits per heavy atom. The van der Waals surface area contributed by atoms with Crippen molar-refractivity contribution in [1.82, 2.24) is 4.57 Å². The van der Waals surface area contributed by atoms with E-state index in [0.29, 0.717) is 11.3 Å². The van der Waals surface area contributed by atoms with Crippen molar-refractivity contribution in [2.45, 2.75) is 13.5 Å². The molecule has 1 N–H and O–H groups in total. The van der Waals surface area contributed by atoms with Crippen LogP contribution in [0.4, 0.5) is 0 Å². The zero-order valence-corrected chi connectivity index (χ0v) is 12.6. The summed E-state index contributed by atoms with van der Waals surface area (Å²) in [6.45, 7) is 2.94. The Balaban J connectivity index is 1.82. The fraction of sp³-hybridized carbons (Fsp3) is 0.105. The molecule has 2 aromatic carbocycles. The lowest BCUT2D eigenvalue weighted by Gasteiger charge is -1.98. The van der Waals surface area contributed by atoms with Crippen molar-refractivity contribution in [3.8, 4) is 11.5 Å². The zero-order valence-electron chi connectivity index (χ0n) is 12.6. The van der Waals surface area contributed by atoms with Crippen LogP contribution in [0.1, 0.15) is 22.8 Å². The van der Waals surface area contributed by atoms with Crippen LogP contribution in [0.3, 0.4) is 0 Å². The number of carbonyl (C=O) groups is 1. The van der Waals surface area contributed by atoms with Crippen LogP contribution in [0.25, 0.3) is 17.0 Å². The fourth-order valence-electron chi connectivity index (χ4n) is 2.97. The molecule has 23 heavy (non-hydrogen) atoms. The molecule has 4 rings (SSSR count). The molecule has 0 saturated carbocycles. The number of nitrogens with zero attached hydrogens (tertiary/aromatic N) is 1. The second-order valence-corrected chi connectivity index (χ2v) is 5.51. The van der Waals surface area contributed by atoms with Crippen molar-refractivity contribution in [3.05, 3.63) is 65.5 Å². The Hall–Kier alpha value is -3.01. The SMILES string of the molecule is CCn1cc(/C=C2\Oc3cc(O)ccc3C2=O)c2ccccc21. The first kappa shape index (κ1) is 13.6. The van der Waals surface area contributed by atoms with E-state index in [9.17, 15) is 9.90 Å². The number of allylic oxidation sites excluding steroid dienone is 1. The summed E-state index contributed by atoms with van der Waals surface area (Å²) < 4.78 is 7.78. The van der Waals surface area contributed by atoms with Gasteiger partial charge in [-0.2, -0.15) is 0 Å². The number of phenolic OH excluding ortho intramolecular Hbond substituents is 1. The van der Waals surface area contributed by atoms with E-state index in [1.807, 2.05) is 24.4 Å². The molecule has 2 heterocycles. The Bertz CT molecular complexity index is 966. The molecule has 114 valence electrons. The van der Waals surface area contributed by atoms with E-state index in [1.54, 1.807) is 12.1 Å². The molecule has 0 atom stereocenters. The zero-order chi connectivity index (χ0) is 16.0. The molecular weight excluding hydrogens is 290 g/mol. The maximum Gasteiger partial charge on any atom is 0.231 e. The van der Waals surface area contributed by atoms with Crippen molar-refractivity contribution in [3.63, 3.8) is 0 Å². The smallest absolute Gasteiger partial charge is 0.231 e. The van der Waals surface area contributed by atoms with E-state index in [0.717, 1.165) is 23.0 Å². The molecular formula is C19H15NO3. The van der Waals surface area contributed by atoms with Gasteiger partial charge in [0, 0.05) is 35.3 Å². The number of aryl methyl sites for hydroxylation is 1. The number of hydrogen-bond acceptors (Lipinski definition) is 3. The maximum absolute atomic E-state index is 12.4. The number of aromatic nitrogens is 1. The average Bonchev–Trinajstić information content (AvgIpc) is 3.06. The predicted octanol–water partition coefficient (Wildman–Crippen LogP) is 3.98. The van der Waals surface area contributed by atoms with Gasteiger partial charge in [0.1, 0.15) is 11.5 Å². The number of fused-ring (bicyclic) bond motifs is 2. The highest BCUT2D eigenvalue weighted by Crippen LogP contribution is 2.35. The molecule has 0 saturated heterocycles. The van der Waals surface area contributed by atoms with Crippen molar-refractivity contribution in [2.75, 3.05) is 0 Å². The van der Waals surface area contributed by atoms with Gasteiger partial charge in [0.15, 0.2) is 5.76 Å². The van der Waals surface area contributed by atoms with Crippen LogP contribution in [0, 0.1) is 0 Å². The van der Waals surface area contributed by atoms with Gasteiger partial charge in [-0.25, -0.2) is 0 Å². The van der Waals surface area contributed by atoms with Crippen molar-refractivity contribution in [1.29, 1.82) is 0 Å². The number of para-hydroxylation sites is 1. The summed E-state index contributed by atoms with van der Waals surface area (Å²) in [5.74, 6) is 0.610. The minimum absolute atomic E-state index is 0.0837. The molecule has 0 radical (unpaired) electrons. The lowest BCUT2D eigenvalue weighted by Crippen LogP contribution is -1.97. The summed E-state index contributed by atoms with van der Waals surface area (Å²) in [7, 11) is 0. The van der Waals surface area contributed by atoms with Crippen LogP contribution in [-0.4, -0.2) is 15.5 Å². The fourth-order valence-corrected chi connectivity index (χ4v) is 2.97. The van der Waals surface area contributed by atoms with E-state index in [2.05, 4.69) is 17.6 Å². The molecule has 0 spiro atoms. The highest BCUT2D eigenvalue weighted by molar-refractivity contribution is 6.15. The van der Waals surface area contributed by atoms with Crippen molar-refractivity contribution in [2.24, 2.45) is 0 Å². The van der Waals surface area contributed by atoms with Gasteiger partial charge in [-0.3, -0.25) is 4.79 Å². The molecule has 4 nitrogen and oxygen atoms in total. The molecule has 0 fully saturated rings. The van der Waals surface area contributed by atoms with Crippen molar-refractivity contribution >= 4 is 22.8 Å². The minimum Gasteiger partial charge on any atom is -0.508 e. The summed E-state index contributed by atoms with van der Waals surface area (Å²) in [4.78, 5) is 12.4. The first-order valence-electron chi connectivity index (χ1n) is 7.52. The van der Waals surface area contributed by atoms with Crippen LogP contribution in [0.5, 0.6) is 11.5 Å². The Kier molecular flexibility index (Phi) is 2.98. The number of carbonyl (C=O) groups excluding carboxylic acids is 1. The van der Waals surface area contributed by atoms with E-state index >= 15 is 0 Å². The average molecular weight is 305 g/mol. The third-order valence-electron chi connectivity index (χ3n) is 4.10. The standard InChI is InChI=1S/C19H15NO3/c1-2-20-11-12(14-5-3-4-6-16(14)20)9-18-19(22)15-8-7-13(21)10-17(15)23-18/h3-11,21H,2H2,1H3/b18-9-. The van der Waals surface area contributed by atoms with Crippen LogP contribution in [0.2, 0.25) is 0 Å². The summed E-state index contributed by atoms with van der Waals surface area (Å²) in [6.07, 6.45) is 3.79.